The van der Waals surface area contributed by atoms with E-state index in [1.54, 1.807) is 29.2 Å². The van der Waals surface area contributed by atoms with Gasteiger partial charge < -0.3 is 24.4 Å². The monoisotopic (exact) mass is 628 g/mol. The summed E-state index contributed by atoms with van der Waals surface area (Å²) in [5.74, 6) is 0.606. The highest BCUT2D eigenvalue weighted by Gasteiger charge is 2.36. The molecule has 1 amide bonds. The number of phenols is 2. The SMILES string of the molecule is O=C1C(Cc2ccc(OCc3ccccc3)c(O)c2)N=C(OCc2ccccc2)N1CCc1ccc(OCc2ccccc2)c(O)c1. The maximum absolute atomic E-state index is 13.7. The second kappa shape index (κ2) is 15.0. The molecular weight excluding hydrogens is 592 g/mol. The molecule has 0 aromatic heterocycles. The highest BCUT2D eigenvalue weighted by atomic mass is 16.5. The fourth-order valence-corrected chi connectivity index (χ4v) is 5.30. The third kappa shape index (κ3) is 8.29. The van der Waals surface area contributed by atoms with Crippen LogP contribution in [0.25, 0.3) is 0 Å². The molecule has 5 aromatic rings. The van der Waals surface area contributed by atoms with Crippen molar-refractivity contribution < 1.29 is 29.2 Å². The van der Waals surface area contributed by atoms with Crippen LogP contribution in [0.15, 0.2) is 132 Å². The van der Waals surface area contributed by atoms with Crippen LogP contribution in [0.3, 0.4) is 0 Å². The van der Waals surface area contributed by atoms with Crippen LogP contribution in [-0.2, 0) is 42.2 Å². The van der Waals surface area contributed by atoms with E-state index in [9.17, 15) is 15.0 Å². The van der Waals surface area contributed by atoms with Gasteiger partial charge in [-0.2, -0.15) is 0 Å². The van der Waals surface area contributed by atoms with Crippen molar-refractivity contribution in [3.8, 4) is 23.0 Å². The van der Waals surface area contributed by atoms with Crippen LogP contribution in [-0.4, -0.2) is 39.6 Å². The number of nitrogens with zero attached hydrogens (tertiary/aromatic N) is 2. The summed E-state index contributed by atoms with van der Waals surface area (Å²) >= 11 is 0. The quantitative estimate of drug-likeness (QED) is 0.148. The van der Waals surface area contributed by atoms with Crippen LogP contribution < -0.4 is 9.47 Å². The lowest BCUT2D eigenvalue weighted by molar-refractivity contribution is -0.127. The van der Waals surface area contributed by atoms with Gasteiger partial charge in [0, 0.05) is 13.0 Å². The van der Waals surface area contributed by atoms with Gasteiger partial charge in [0.25, 0.3) is 11.9 Å². The van der Waals surface area contributed by atoms with Crippen molar-refractivity contribution in [3.05, 3.63) is 155 Å². The minimum absolute atomic E-state index is 0.00117. The molecule has 238 valence electrons. The minimum atomic E-state index is -0.710. The van der Waals surface area contributed by atoms with E-state index in [-0.39, 0.29) is 36.5 Å². The Morgan fingerprint density at radius 3 is 1.55 bits per heavy atom. The summed E-state index contributed by atoms with van der Waals surface area (Å²) in [5.41, 5.74) is 4.54. The zero-order valence-electron chi connectivity index (χ0n) is 25.9. The molecule has 5 aromatic carbocycles. The average molecular weight is 629 g/mol. The molecule has 0 saturated carbocycles. The molecule has 0 bridgehead atoms. The molecule has 0 fully saturated rings. The summed E-state index contributed by atoms with van der Waals surface area (Å²) in [6.07, 6.45) is 0.751. The van der Waals surface area contributed by atoms with Crippen LogP contribution in [0.1, 0.15) is 27.8 Å². The Hall–Kier alpha value is -5.76. The van der Waals surface area contributed by atoms with E-state index in [2.05, 4.69) is 4.99 Å². The van der Waals surface area contributed by atoms with E-state index in [0.29, 0.717) is 37.7 Å². The van der Waals surface area contributed by atoms with E-state index in [1.165, 1.54) is 0 Å². The lowest BCUT2D eigenvalue weighted by atomic mass is 10.0. The van der Waals surface area contributed by atoms with Crippen LogP contribution in [0.2, 0.25) is 0 Å². The molecule has 0 radical (unpaired) electrons. The lowest BCUT2D eigenvalue weighted by Crippen LogP contribution is -2.38. The molecule has 6 rings (SSSR count). The van der Waals surface area contributed by atoms with E-state index in [1.807, 2.05) is 103 Å². The maximum atomic E-state index is 13.7. The number of phenolic OH excluding ortho intramolecular Hbond substituents is 2. The van der Waals surface area contributed by atoms with Crippen molar-refractivity contribution in [2.45, 2.75) is 38.7 Å². The normalized spacial score (nSPS) is 14.1. The number of hydrogen-bond acceptors (Lipinski definition) is 7. The smallest absolute Gasteiger partial charge is 0.295 e. The highest BCUT2D eigenvalue weighted by Crippen LogP contribution is 2.30. The van der Waals surface area contributed by atoms with Crippen molar-refractivity contribution in [2.75, 3.05) is 6.54 Å². The number of carbonyl (C=O) groups is 1. The number of amidine groups is 1. The first-order valence-corrected chi connectivity index (χ1v) is 15.5. The van der Waals surface area contributed by atoms with Gasteiger partial charge >= 0.3 is 0 Å². The first-order chi connectivity index (χ1) is 23.0. The number of carbonyl (C=O) groups excluding carboxylic acids is 1. The summed E-state index contributed by atoms with van der Waals surface area (Å²) in [6.45, 7) is 1.25. The van der Waals surface area contributed by atoms with E-state index in [4.69, 9.17) is 14.2 Å². The average Bonchev–Trinajstić information content (AvgIpc) is 3.40. The number of aliphatic imine (C=N–C) groups is 1. The minimum Gasteiger partial charge on any atom is -0.504 e. The number of rotatable bonds is 13. The molecule has 8 nitrogen and oxygen atoms in total. The zero-order valence-corrected chi connectivity index (χ0v) is 25.9. The Balaban J connectivity index is 1.11. The van der Waals surface area contributed by atoms with E-state index >= 15 is 0 Å². The van der Waals surface area contributed by atoms with Gasteiger partial charge in [0.1, 0.15) is 25.9 Å². The Kier molecular flexibility index (Phi) is 9.98. The fourth-order valence-electron chi connectivity index (χ4n) is 5.30. The maximum Gasteiger partial charge on any atom is 0.295 e. The predicted molar refractivity (Wildman–Crippen MR) is 179 cm³/mol. The largest absolute Gasteiger partial charge is 0.504 e. The van der Waals surface area contributed by atoms with Gasteiger partial charge in [-0.3, -0.25) is 9.69 Å². The number of amides is 1. The number of benzene rings is 5. The van der Waals surface area contributed by atoms with Crippen molar-refractivity contribution in [1.82, 2.24) is 4.90 Å². The topological polar surface area (TPSA) is 101 Å². The molecular formula is C39H36N2O6. The molecule has 47 heavy (non-hydrogen) atoms. The fraction of sp³-hybridized carbons (Fsp3) is 0.179. The molecule has 0 saturated heterocycles. The standard InChI is InChI=1S/C39H36N2O6/c42-34-23-28(16-18-36(34)45-25-29-10-4-1-5-11-29)20-21-41-38(44)33(40-39(41)47-27-31-14-8-3-9-15-31)22-32-17-19-37(35(43)24-32)46-26-30-12-6-2-7-13-30/h1-19,23-24,33,42-43H,20-22,25-27H2. The predicted octanol–water partition coefficient (Wildman–Crippen LogP) is 6.82. The van der Waals surface area contributed by atoms with Crippen LogP contribution in [0, 0.1) is 0 Å². The Morgan fingerprint density at radius 2 is 1.04 bits per heavy atom. The summed E-state index contributed by atoms with van der Waals surface area (Å²) in [5, 5.41) is 21.3. The summed E-state index contributed by atoms with van der Waals surface area (Å²) in [4.78, 5) is 19.9. The highest BCUT2D eigenvalue weighted by molar-refractivity contribution is 6.02. The van der Waals surface area contributed by atoms with Gasteiger partial charge in [-0.15, -0.1) is 0 Å². The second-order valence-corrected chi connectivity index (χ2v) is 11.3. The van der Waals surface area contributed by atoms with Crippen LogP contribution in [0.4, 0.5) is 0 Å². The van der Waals surface area contributed by atoms with Crippen LogP contribution in [0.5, 0.6) is 23.0 Å². The van der Waals surface area contributed by atoms with Gasteiger partial charge in [0.15, 0.2) is 23.0 Å². The van der Waals surface area contributed by atoms with Gasteiger partial charge in [-0.25, -0.2) is 4.99 Å². The first kappa shape index (κ1) is 31.2. The van der Waals surface area contributed by atoms with Gasteiger partial charge in [-0.05, 0) is 58.5 Å². The molecule has 1 unspecified atom stereocenters. The number of ether oxygens (including phenoxy) is 3. The Morgan fingerprint density at radius 1 is 0.574 bits per heavy atom. The molecule has 1 atom stereocenters. The molecule has 2 N–H and O–H groups in total. The Labute approximate surface area is 274 Å². The summed E-state index contributed by atoms with van der Waals surface area (Å²) in [7, 11) is 0. The van der Waals surface area contributed by atoms with Crippen molar-refractivity contribution in [2.24, 2.45) is 4.99 Å². The van der Waals surface area contributed by atoms with Crippen LogP contribution >= 0.6 is 0 Å². The number of hydrogen-bond donors (Lipinski definition) is 2. The van der Waals surface area contributed by atoms with Gasteiger partial charge in [0.05, 0.1) is 0 Å². The second-order valence-electron chi connectivity index (χ2n) is 11.3. The lowest BCUT2D eigenvalue weighted by Gasteiger charge is -2.19. The molecule has 1 heterocycles. The van der Waals surface area contributed by atoms with Gasteiger partial charge in [0.2, 0.25) is 0 Å². The number of aromatic hydroxyl groups is 2. The first-order valence-electron chi connectivity index (χ1n) is 15.5. The van der Waals surface area contributed by atoms with E-state index in [0.717, 1.165) is 27.8 Å². The molecule has 0 aliphatic carbocycles. The molecule has 8 heteroatoms. The summed E-state index contributed by atoms with van der Waals surface area (Å²) in [6, 6.07) is 39.1. The van der Waals surface area contributed by atoms with Gasteiger partial charge in [-0.1, -0.05) is 103 Å². The third-order valence-corrected chi connectivity index (χ3v) is 7.83. The van der Waals surface area contributed by atoms with Crippen molar-refractivity contribution in [1.29, 1.82) is 0 Å². The molecule has 1 aliphatic heterocycles. The molecule has 0 spiro atoms. The zero-order chi connectivity index (χ0) is 32.4. The third-order valence-electron chi connectivity index (χ3n) is 7.83. The van der Waals surface area contributed by atoms with E-state index < -0.39 is 6.04 Å². The van der Waals surface area contributed by atoms with Crippen molar-refractivity contribution in [3.63, 3.8) is 0 Å². The Bertz CT molecular complexity index is 1810. The van der Waals surface area contributed by atoms with Crippen molar-refractivity contribution >= 4 is 11.9 Å². The summed E-state index contributed by atoms with van der Waals surface area (Å²) < 4.78 is 17.7. The molecule has 1 aliphatic rings.